The van der Waals surface area contributed by atoms with Crippen LogP contribution in [0, 0.1) is 0 Å². The number of nitrogens with zero attached hydrogens (tertiary/aromatic N) is 1. The highest BCUT2D eigenvalue weighted by Gasteiger charge is 2.31. The number of hydrogen-bond donors (Lipinski definition) is 3. The van der Waals surface area contributed by atoms with Gasteiger partial charge in [-0.2, -0.15) is 0 Å². The molecule has 1 aromatic carbocycles. The first kappa shape index (κ1) is 15.8. The van der Waals surface area contributed by atoms with Gasteiger partial charge in [0.2, 0.25) is 5.91 Å². The van der Waals surface area contributed by atoms with Crippen LogP contribution < -0.4 is 5.32 Å². The molecule has 5 nitrogen and oxygen atoms in total. The van der Waals surface area contributed by atoms with Crippen LogP contribution >= 0.6 is 0 Å². The van der Waals surface area contributed by atoms with Crippen LogP contribution in [0.15, 0.2) is 24.3 Å². The number of aromatic hydroxyl groups is 1. The molecule has 0 radical (unpaired) electrons. The van der Waals surface area contributed by atoms with Crippen LogP contribution in [0.1, 0.15) is 31.2 Å². The number of nitrogens with one attached hydrogen (secondary N) is 1. The molecular formula is C16H24N2O3. The number of phenolic OH excluding ortho intramolecular Hbond substituents is 1. The number of rotatable bonds is 4. The predicted octanol–water partition coefficient (Wildman–Crippen LogP) is 1.07. The van der Waals surface area contributed by atoms with Crippen LogP contribution in [0.4, 0.5) is 0 Å². The number of aliphatic hydroxyl groups is 1. The van der Waals surface area contributed by atoms with Gasteiger partial charge < -0.3 is 20.4 Å². The van der Waals surface area contributed by atoms with Crippen molar-refractivity contribution in [1.29, 1.82) is 0 Å². The van der Waals surface area contributed by atoms with Gasteiger partial charge in [0.25, 0.3) is 0 Å². The summed E-state index contributed by atoms with van der Waals surface area (Å²) in [7, 11) is 2.03. The average Bonchev–Trinajstić information content (AvgIpc) is 2.48. The molecule has 1 heterocycles. The fraction of sp³-hybridized carbons (Fsp3) is 0.562. The minimum Gasteiger partial charge on any atom is -0.508 e. The molecule has 1 aliphatic heterocycles. The molecule has 0 saturated carbocycles. The van der Waals surface area contributed by atoms with Crippen molar-refractivity contribution in [3.8, 4) is 5.75 Å². The van der Waals surface area contributed by atoms with E-state index in [1.165, 1.54) is 0 Å². The largest absolute Gasteiger partial charge is 0.508 e. The third-order valence-electron chi connectivity index (χ3n) is 4.30. The summed E-state index contributed by atoms with van der Waals surface area (Å²) < 4.78 is 0. The smallest absolute Gasteiger partial charge is 0.227 e. The van der Waals surface area contributed by atoms with E-state index >= 15 is 0 Å². The van der Waals surface area contributed by atoms with Crippen LogP contribution in [-0.4, -0.2) is 53.3 Å². The van der Waals surface area contributed by atoms with Gasteiger partial charge in [0.15, 0.2) is 0 Å². The van der Waals surface area contributed by atoms with Gasteiger partial charge in [-0.3, -0.25) is 4.79 Å². The number of piperidine rings is 1. The Morgan fingerprint density at radius 2 is 1.90 bits per heavy atom. The summed E-state index contributed by atoms with van der Waals surface area (Å²) in [6.45, 7) is 3.81. The normalized spacial score (nSPS) is 20.0. The van der Waals surface area contributed by atoms with E-state index in [1.807, 2.05) is 14.0 Å². The lowest BCUT2D eigenvalue weighted by atomic mass is 9.91. The maximum Gasteiger partial charge on any atom is 0.227 e. The molecule has 1 unspecified atom stereocenters. The molecule has 0 bridgehead atoms. The molecule has 0 spiro atoms. The molecule has 1 aromatic rings. The Kier molecular flexibility index (Phi) is 4.85. The first-order valence-corrected chi connectivity index (χ1v) is 7.37. The van der Waals surface area contributed by atoms with Crippen LogP contribution in [0.5, 0.6) is 5.75 Å². The SMILES string of the molecule is CC(C(=O)NCC1(O)CCN(C)CC1)c1ccc(O)cc1. The molecule has 3 N–H and O–H groups in total. The number of phenols is 1. The van der Waals surface area contributed by atoms with Crippen molar-refractivity contribution >= 4 is 5.91 Å². The van der Waals surface area contributed by atoms with Crippen molar-refractivity contribution in [1.82, 2.24) is 10.2 Å². The van der Waals surface area contributed by atoms with Crippen molar-refractivity contribution in [3.05, 3.63) is 29.8 Å². The van der Waals surface area contributed by atoms with E-state index in [4.69, 9.17) is 0 Å². The number of benzene rings is 1. The minimum absolute atomic E-state index is 0.104. The van der Waals surface area contributed by atoms with E-state index in [0.717, 1.165) is 18.7 Å². The Hall–Kier alpha value is -1.59. The van der Waals surface area contributed by atoms with Crippen LogP contribution in [0.3, 0.4) is 0 Å². The molecule has 116 valence electrons. The molecule has 5 heteroatoms. The lowest BCUT2D eigenvalue weighted by Gasteiger charge is -2.36. The summed E-state index contributed by atoms with van der Waals surface area (Å²) in [6, 6.07) is 6.63. The van der Waals surface area contributed by atoms with Crippen molar-refractivity contribution in [2.45, 2.75) is 31.3 Å². The van der Waals surface area contributed by atoms with Gasteiger partial charge in [0, 0.05) is 19.6 Å². The second-order valence-electron chi connectivity index (χ2n) is 6.06. The second-order valence-corrected chi connectivity index (χ2v) is 6.06. The molecule has 1 fully saturated rings. The zero-order valence-electron chi connectivity index (χ0n) is 12.7. The lowest BCUT2D eigenvalue weighted by molar-refractivity contribution is -0.124. The molecule has 1 saturated heterocycles. The monoisotopic (exact) mass is 292 g/mol. The first-order chi connectivity index (χ1) is 9.89. The van der Waals surface area contributed by atoms with Gasteiger partial charge in [-0.1, -0.05) is 12.1 Å². The Balaban J connectivity index is 1.88. The van der Waals surface area contributed by atoms with Crippen molar-refractivity contribution in [2.24, 2.45) is 0 Å². The third kappa shape index (κ3) is 4.19. The van der Waals surface area contributed by atoms with Crippen molar-refractivity contribution in [3.63, 3.8) is 0 Å². The number of carbonyl (C=O) groups is 1. The fourth-order valence-electron chi connectivity index (χ4n) is 2.53. The average molecular weight is 292 g/mol. The zero-order valence-corrected chi connectivity index (χ0v) is 12.7. The Bertz CT molecular complexity index is 479. The van der Waals surface area contributed by atoms with Crippen LogP contribution in [0.2, 0.25) is 0 Å². The van der Waals surface area contributed by atoms with Crippen molar-refractivity contribution in [2.75, 3.05) is 26.7 Å². The summed E-state index contributed by atoms with van der Waals surface area (Å²) in [5, 5.41) is 22.6. The molecule has 1 atom stereocenters. The predicted molar refractivity (Wildman–Crippen MR) is 81.2 cm³/mol. The number of hydrogen-bond acceptors (Lipinski definition) is 4. The molecular weight excluding hydrogens is 268 g/mol. The molecule has 2 rings (SSSR count). The van der Waals surface area contributed by atoms with Gasteiger partial charge in [-0.05, 0) is 44.5 Å². The van der Waals surface area contributed by atoms with Crippen molar-refractivity contribution < 1.29 is 15.0 Å². The third-order valence-corrected chi connectivity index (χ3v) is 4.30. The van der Waals surface area contributed by atoms with E-state index in [-0.39, 0.29) is 17.6 Å². The Morgan fingerprint density at radius 3 is 2.48 bits per heavy atom. The standard InChI is InChI=1S/C16H24N2O3/c1-12(13-3-5-14(19)6-4-13)15(20)17-11-16(21)7-9-18(2)10-8-16/h3-6,12,19,21H,7-11H2,1-2H3,(H,17,20). The summed E-state index contributed by atoms with van der Waals surface area (Å²) >= 11 is 0. The summed E-state index contributed by atoms with van der Waals surface area (Å²) in [5.74, 6) is -0.222. The summed E-state index contributed by atoms with van der Waals surface area (Å²) in [6.07, 6.45) is 1.36. The van der Waals surface area contributed by atoms with E-state index in [9.17, 15) is 15.0 Å². The number of amides is 1. The molecule has 0 aromatic heterocycles. The number of likely N-dealkylation sites (tertiary alicyclic amines) is 1. The molecule has 21 heavy (non-hydrogen) atoms. The maximum atomic E-state index is 12.2. The van der Waals surface area contributed by atoms with E-state index in [1.54, 1.807) is 24.3 Å². The van der Waals surface area contributed by atoms with Crippen LogP contribution in [-0.2, 0) is 4.79 Å². The summed E-state index contributed by atoms with van der Waals surface area (Å²) in [4.78, 5) is 14.4. The highest BCUT2D eigenvalue weighted by Crippen LogP contribution is 2.22. The first-order valence-electron chi connectivity index (χ1n) is 7.37. The lowest BCUT2D eigenvalue weighted by Crippen LogP contribution is -2.50. The molecule has 0 aliphatic carbocycles. The van der Waals surface area contributed by atoms with Gasteiger partial charge in [0.1, 0.15) is 5.75 Å². The topological polar surface area (TPSA) is 72.8 Å². The van der Waals surface area contributed by atoms with Gasteiger partial charge >= 0.3 is 0 Å². The molecule has 1 aliphatic rings. The Morgan fingerprint density at radius 1 is 1.33 bits per heavy atom. The van der Waals surface area contributed by atoms with Crippen LogP contribution in [0.25, 0.3) is 0 Å². The second kappa shape index (κ2) is 6.45. The van der Waals surface area contributed by atoms with E-state index in [2.05, 4.69) is 10.2 Å². The number of carbonyl (C=O) groups excluding carboxylic acids is 1. The quantitative estimate of drug-likeness (QED) is 0.776. The highest BCUT2D eigenvalue weighted by atomic mass is 16.3. The van der Waals surface area contributed by atoms with Gasteiger partial charge in [-0.25, -0.2) is 0 Å². The summed E-state index contributed by atoms with van der Waals surface area (Å²) in [5.41, 5.74) is 0.0530. The Labute approximate surface area is 125 Å². The van der Waals surface area contributed by atoms with E-state index < -0.39 is 5.60 Å². The highest BCUT2D eigenvalue weighted by molar-refractivity contribution is 5.83. The zero-order chi connectivity index (χ0) is 15.5. The van der Waals surface area contributed by atoms with Gasteiger partial charge in [0.05, 0.1) is 11.5 Å². The molecule has 1 amide bonds. The van der Waals surface area contributed by atoms with Gasteiger partial charge in [-0.15, -0.1) is 0 Å². The minimum atomic E-state index is -0.795. The fourth-order valence-corrected chi connectivity index (χ4v) is 2.53. The maximum absolute atomic E-state index is 12.2. The van der Waals surface area contributed by atoms with E-state index in [0.29, 0.717) is 19.4 Å².